The smallest absolute Gasteiger partial charge is 0.303 e. The number of hydrogen-bond donors (Lipinski definition) is 0. The molecule has 0 spiro atoms. The number of terminal acetylenes is 1. The van der Waals surface area contributed by atoms with E-state index in [1.807, 2.05) is 0 Å². The molecule has 0 aliphatic rings. The minimum absolute atomic E-state index is 0.0196. The Morgan fingerprint density at radius 1 is 1.39 bits per heavy atom. The minimum Gasteiger partial charge on any atom is -0.456 e. The number of carbonyl (C=O) groups is 2. The lowest BCUT2D eigenvalue weighted by molar-refractivity contribution is -0.145. The average molecular weight is 249 g/mol. The van der Waals surface area contributed by atoms with E-state index in [-0.39, 0.29) is 6.54 Å². The molecule has 0 heterocycles. The van der Waals surface area contributed by atoms with E-state index >= 15 is 0 Å². The Kier molecular flexibility index (Phi) is 4.88. The normalized spacial score (nSPS) is 9.39. The van der Waals surface area contributed by atoms with Gasteiger partial charge in [0.25, 0.3) is 5.91 Å². The maximum absolute atomic E-state index is 12.8. The van der Waals surface area contributed by atoms with Crippen LogP contribution in [0.5, 0.6) is 0 Å². The van der Waals surface area contributed by atoms with Gasteiger partial charge in [-0.15, -0.1) is 6.42 Å². The second-order valence-electron chi connectivity index (χ2n) is 3.44. The molecule has 0 saturated carbocycles. The molecule has 4 nitrogen and oxygen atoms in total. The van der Waals surface area contributed by atoms with Gasteiger partial charge in [-0.25, -0.2) is 4.39 Å². The summed E-state index contributed by atoms with van der Waals surface area (Å²) < 4.78 is 17.4. The Bertz CT molecular complexity index is 476. The molecule has 0 saturated heterocycles. The highest BCUT2D eigenvalue weighted by atomic mass is 19.1. The molecule has 5 heteroatoms. The van der Waals surface area contributed by atoms with E-state index < -0.39 is 24.3 Å². The van der Waals surface area contributed by atoms with Crippen molar-refractivity contribution < 1.29 is 18.7 Å². The summed E-state index contributed by atoms with van der Waals surface area (Å²) in [5, 5.41) is 0. The molecule has 0 aromatic heterocycles. The number of nitrogens with zero attached hydrogens (tertiary/aromatic N) is 1. The van der Waals surface area contributed by atoms with E-state index in [0.29, 0.717) is 5.69 Å². The van der Waals surface area contributed by atoms with Crippen molar-refractivity contribution in [3.63, 3.8) is 0 Å². The third-order valence-electron chi connectivity index (χ3n) is 2.09. The SMILES string of the molecule is C#CCN(C(=O)COC(C)=O)c1ccc(F)cc1. The lowest BCUT2D eigenvalue weighted by atomic mass is 10.2. The van der Waals surface area contributed by atoms with E-state index in [1.54, 1.807) is 0 Å². The number of rotatable bonds is 4. The summed E-state index contributed by atoms with van der Waals surface area (Å²) in [7, 11) is 0. The van der Waals surface area contributed by atoms with Crippen molar-refractivity contribution in [2.24, 2.45) is 0 Å². The third-order valence-corrected chi connectivity index (χ3v) is 2.09. The van der Waals surface area contributed by atoms with E-state index in [0.717, 1.165) is 0 Å². The number of benzene rings is 1. The number of halogens is 1. The van der Waals surface area contributed by atoms with Crippen molar-refractivity contribution in [3.8, 4) is 12.3 Å². The Labute approximate surface area is 104 Å². The van der Waals surface area contributed by atoms with Gasteiger partial charge in [0.1, 0.15) is 5.82 Å². The number of ether oxygens (including phenoxy) is 1. The first kappa shape index (κ1) is 13.7. The van der Waals surface area contributed by atoms with Crippen LogP contribution in [0.2, 0.25) is 0 Å². The van der Waals surface area contributed by atoms with Gasteiger partial charge < -0.3 is 4.74 Å². The Morgan fingerprint density at radius 3 is 2.50 bits per heavy atom. The predicted molar refractivity (Wildman–Crippen MR) is 64.2 cm³/mol. The van der Waals surface area contributed by atoms with Crippen molar-refractivity contribution in [3.05, 3.63) is 30.1 Å². The molecule has 0 unspecified atom stereocenters. The fourth-order valence-electron chi connectivity index (χ4n) is 1.28. The van der Waals surface area contributed by atoms with Crippen LogP contribution >= 0.6 is 0 Å². The van der Waals surface area contributed by atoms with Crippen LogP contribution in [0.25, 0.3) is 0 Å². The minimum atomic E-state index is -0.553. The molecule has 1 rings (SSSR count). The van der Waals surface area contributed by atoms with Crippen LogP contribution in [0.1, 0.15) is 6.92 Å². The maximum atomic E-state index is 12.8. The van der Waals surface area contributed by atoms with Crippen molar-refractivity contribution in [1.29, 1.82) is 0 Å². The molecule has 1 aromatic rings. The van der Waals surface area contributed by atoms with Gasteiger partial charge in [0.05, 0.1) is 6.54 Å². The van der Waals surface area contributed by atoms with Crippen LogP contribution in [0, 0.1) is 18.2 Å². The van der Waals surface area contributed by atoms with Crippen LogP contribution in [0.15, 0.2) is 24.3 Å². The monoisotopic (exact) mass is 249 g/mol. The summed E-state index contributed by atoms with van der Waals surface area (Å²) in [4.78, 5) is 23.6. The number of anilines is 1. The van der Waals surface area contributed by atoms with Crippen LogP contribution in [0.4, 0.5) is 10.1 Å². The van der Waals surface area contributed by atoms with Gasteiger partial charge >= 0.3 is 5.97 Å². The lowest BCUT2D eigenvalue weighted by Crippen LogP contribution is -2.34. The fourth-order valence-corrected chi connectivity index (χ4v) is 1.28. The Balaban J connectivity index is 2.82. The first-order valence-electron chi connectivity index (χ1n) is 5.17. The quantitative estimate of drug-likeness (QED) is 0.598. The molecule has 1 amide bonds. The van der Waals surface area contributed by atoms with Crippen LogP contribution in [-0.4, -0.2) is 25.0 Å². The highest BCUT2D eigenvalue weighted by molar-refractivity contribution is 5.95. The molecule has 0 aliphatic heterocycles. The number of esters is 1. The molecule has 0 fully saturated rings. The van der Waals surface area contributed by atoms with Crippen molar-refractivity contribution >= 4 is 17.6 Å². The molecule has 18 heavy (non-hydrogen) atoms. The molecule has 0 bridgehead atoms. The summed E-state index contributed by atoms with van der Waals surface area (Å²) in [5.41, 5.74) is 0.450. The summed E-state index contributed by atoms with van der Waals surface area (Å²) in [5.74, 6) is 0.894. The van der Waals surface area contributed by atoms with E-state index in [1.165, 1.54) is 36.1 Å². The predicted octanol–water partition coefficient (Wildman–Crippen LogP) is 1.35. The summed E-state index contributed by atoms with van der Waals surface area (Å²) in [6.45, 7) is 0.830. The summed E-state index contributed by atoms with van der Waals surface area (Å²) in [6.07, 6.45) is 5.16. The van der Waals surface area contributed by atoms with Crippen molar-refractivity contribution in [2.75, 3.05) is 18.1 Å². The highest BCUT2D eigenvalue weighted by Gasteiger charge is 2.15. The Morgan fingerprint density at radius 2 is 2.00 bits per heavy atom. The van der Waals surface area contributed by atoms with Gasteiger partial charge in [0.2, 0.25) is 0 Å². The van der Waals surface area contributed by atoms with Crippen molar-refractivity contribution in [1.82, 2.24) is 0 Å². The summed E-state index contributed by atoms with van der Waals surface area (Å²) in [6, 6.07) is 5.30. The largest absolute Gasteiger partial charge is 0.456 e. The van der Waals surface area contributed by atoms with Gasteiger partial charge in [-0.3, -0.25) is 14.5 Å². The number of amides is 1. The van der Waals surface area contributed by atoms with Crippen LogP contribution in [0.3, 0.4) is 0 Å². The maximum Gasteiger partial charge on any atom is 0.303 e. The topological polar surface area (TPSA) is 46.6 Å². The Hall–Kier alpha value is -2.35. The zero-order valence-electron chi connectivity index (χ0n) is 9.85. The highest BCUT2D eigenvalue weighted by Crippen LogP contribution is 2.14. The molecular formula is C13H12FNO3. The second-order valence-corrected chi connectivity index (χ2v) is 3.44. The zero-order valence-corrected chi connectivity index (χ0v) is 9.85. The molecule has 1 aromatic carbocycles. The molecule has 0 atom stereocenters. The standard InChI is InChI=1S/C13H12FNO3/c1-3-8-15(13(17)9-18-10(2)16)12-6-4-11(14)5-7-12/h1,4-7H,8-9H2,2H3. The second kappa shape index (κ2) is 6.40. The van der Waals surface area contributed by atoms with E-state index in [9.17, 15) is 14.0 Å². The number of carbonyl (C=O) groups excluding carboxylic acids is 2. The van der Waals surface area contributed by atoms with Gasteiger partial charge in [-0.2, -0.15) is 0 Å². The van der Waals surface area contributed by atoms with E-state index in [2.05, 4.69) is 10.7 Å². The van der Waals surface area contributed by atoms with Crippen molar-refractivity contribution in [2.45, 2.75) is 6.92 Å². The number of hydrogen-bond acceptors (Lipinski definition) is 3. The zero-order chi connectivity index (χ0) is 13.5. The fraction of sp³-hybridized carbons (Fsp3) is 0.231. The first-order valence-corrected chi connectivity index (χ1v) is 5.17. The van der Waals surface area contributed by atoms with Gasteiger partial charge in [-0.1, -0.05) is 5.92 Å². The van der Waals surface area contributed by atoms with Gasteiger partial charge in [0, 0.05) is 12.6 Å². The average Bonchev–Trinajstić information content (AvgIpc) is 2.34. The molecule has 0 radical (unpaired) electrons. The molecule has 0 N–H and O–H groups in total. The first-order chi connectivity index (χ1) is 8.54. The van der Waals surface area contributed by atoms with E-state index in [4.69, 9.17) is 6.42 Å². The van der Waals surface area contributed by atoms with Crippen LogP contribution < -0.4 is 4.90 Å². The lowest BCUT2D eigenvalue weighted by Gasteiger charge is -2.20. The van der Waals surface area contributed by atoms with Gasteiger partial charge in [0.15, 0.2) is 6.61 Å². The molecular weight excluding hydrogens is 237 g/mol. The van der Waals surface area contributed by atoms with Gasteiger partial charge in [-0.05, 0) is 24.3 Å². The third kappa shape index (κ3) is 3.91. The summed E-state index contributed by atoms with van der Waals surface area (Å²) >= 11 is 0. The molecule has 94 valence electrons. The van der Waals surface area contributed by atoms with Crippen LogP contribution in [-0.2, 0) is 14.3 Å². The molecule has 0 aliphatic carbocycles.